The minimum atomic E-state index is -4.37. The molecule has 0 bridgehead atoms. The van der Waals surface area contributed by atoms with Crippen molar-refractivity contribution in [3.63, 3.8) is 0 Å². The average Bonchev–Trinajstić information content (AvgIpc) is 3.24. The standard InChI is InChI=1S/C21H16F3N5O/c1-30-17-4-2-3-16(13-17)26-20-25-11-9-19(27-20)29-12-10-18(28-29)14-5-7-15(8-6-14)21(22,23)24/h2-13H,1H3,(H,25,26,27). The van der Waals surface area contributed by atoms with E-state index in [2.05, 4.69) is 20.4 Å². The molecule has 0 spiro atoms. The molecule has 0 saturated heterocycles. The molecular formula is C21H16F3N5O. The zero-order valence-electron chi connectivity index (χ0n) is 15.8. The maximum atomic E-state index is 12.7. The van der Waals surface area contributed by atoms with E-state index in [9.17, 15) is 13.2 Å². The molecule has 0 aliphatic carbocycles. The van der Waals surface area contributed by atoms with Gasteiger partial charge in [-0.05, 0) is 30.3 Å². The Bertz CT molecular complexity index is 1160. The van der Waals surface area contributed by atoms with E-state index in [0.29, 0.717) is 28.8 Å². The summed E-state index contributed by atoms with van der Waals surface area (Å²) in [5.41, 5.74) is 1.17. The predicted molar refractivity (Wildman–Crippen MR) is 106 cm³/mol. The Balaban J connectivity index is 1.55. The first-order valence-corrected chi connectivity index (χ1v) is 8.90. The molecule has 0 aliphatic rings. The fraction of sp³-hybridized carbons (Fsp3) is 0.0952. The van der Waals surface area contributed by atoms with Crippen LogP contribution in [-0.4, -0.2) is 26.9 Å². The molecule has 2 aromatic carbocycles. The summed E-state index contributed by atoms with van der Waals surface area (Å²) in [5.74, 6) is 1.57. The van der Waals surface area contributed by atoms with E-state index in [4.69, 9.17) is 4.74 Å². The van der Waals surface area contributed by atoms with Crippen molar-refractivity contribution in [2.24, 2.45) is 0 Å². The van der Waals surface area contributed by atoms with Gasteiger partial charge in [0, 0.05) is 35.8 Å². The normalized spacial score (nSPS) is 11.3. The summed E-state index contributed by atoms with van der Waals surface area (Å²) in [4.78, 5) is 8.64. The van der Waals surface area contributed by atoms with Crippen molar-refractivity contribution >= 4 is 11.6 Å². The van der Waals surface area contributed by atoms with Crippen molar-refractivity contribution in [1.29, 1.82) is 0 Å². The highest BCUT2D eigenvalue weighted by Gasteiger charge is 2.30. The quantitative estimate of drug-likeness (QED) is 0.495. The summed E-state index contributed by atoms with van der Waals surface area (Å²) in [6.45, 7) is 0. The number of benzene rings is 2. The number of nitrogens with zero attached hydrogens (tertiary/aromatic N) is 4. The lowest BCUT2D eigenvalue weighted by atomic mass is 10.1. The molecule has 4 rings (SSSR count). The third kappa shape index (κ3) is 4.24. The largest absolute Gasteiger partial charge is 0.497 e. The molecule has 0 atom stereocenters. The van der Waals surface area contributed by atoms with E-state index in [0.717, 1.165) is 17.8 Å². The zero-order chi connectivity index (χ0) is 21.1. The molecule has 152 valence electrons. The molecule has 4 aromatic rings. The van der Waals surface area contributed by atoms with E-state index in [1.807, 2.05) is 24.3 Å². The van der Waals surface area contributed by atoms with E-state index < -0.39 is 11.7 Å². The van der Waals surface area contributed by atoms with Crippen LogP contribution in [0, 0.1) is 0 Å². The minimum Gasteiger partial charge on any atom is -0.497 e. The summed E-state index contributed by atoms with van der Waals surface area (Å²) in [6.07, 6.45) is -1.10. The van der Waals surface area contributed by atoms with Gasteiger partial charge in [-0.3, -0.25) is 0 Å². The number of aromatic nitrogens is 4. The number of halogens is 3. The number of hydrogen-bond donors (Lipinski definition) is 1. The molecule has 0 amide bonds. The van der Waals surface area contributed by atoms with Crippen LogP contribution in [0.4, 0.5) is 24.8 Å². The third-order valence-electron chi connectivity index (χ3n) is 4.30. The van der Waals surface area contributed by atoms with Gasteiger partial charge >= 0.3 is 6.18 Å². The highest BCUT2D eigenvalue weighted by Crippen LogP contribution is 2.30. The molecule has 1 N–H and O–H groups in total. The van der Waals surface area contributed by atoms with Crippen LogP contribution >= 0.6 is 0 Å². The lowest BCUT2D eigenvalue weighted by Gasteiger charge is -2.08. The van der Waals surface area contributed by atoms with Crippen LogP contribution < -0.4 is 10.1 Å². The highest BCUT2D eigenvalue weighted by atomic mass is 19.4. The van der Waals surface area contributed by atoms with Crippen molar-refractivity contribution in [1.82, 2.24) is 19.7 Å². The number of methoxy groups -OCH3 is 1. The molecule has 9 heteroatoms. The van der Waals surface area contributed by atoms with E-state index in [1.54, 1.807) is 31.6 Å². The van der Waals surface area contributed by atoms with Crippen LogP contribution in [0.2, 0.25) is 0 Å². The fourth-order valence-corrected chi connectivity index (χ4v) is 2.80. The lowest BCUT2D eigenvalue weighted by molar-refractivity contribution is -0.137. The van der Waals surface area contributed by atoms with Crippen LogP contribution in [-0.2, 0) is 6.18 Å². The van der Waals surface area contributed by atoms with Crippen molar-refractivity contribution in [2.45, 2.75) is 6.18 Å². The van der Waals surface area contributed by atoms with Crippen LogP contribution in [0.1, 0.15) is 5.56 Å². The first-order valence-electron chi connectivity index (χ1n) is 8.90. The lowest BCUT2D eigenvalue weighted by Crippen LogP contribution is -2.04. The SMILES string of the molecule is COc1cccc(Nc2nccc(-n3ccc(-c4ccc(C(F)(F)F)cc4)n3)n2)c1. The van der Waals surface area contributed by atoms with Crippen LogP contribution in [0.15, 0.2) is 73.1 Å². The van der Waals surface area contributed by atoms with Gasteiger partial charge in [-0.2, -0.15) is 23.3 Å². The third-order valence-corrected chi connectivity index (χ3v) is 4.30. The Morgan fingerprint density at radius 3 is 2.53 bits per heavy atom. The van der Waals surface area contributed by atoms with Gasteiger partial charge in [0.15, 0.2) is 5.82 Å². The molecule has 0 fully saturated rings. The van der Waals surface area contributed by atoms with Gasteiger partial charge in [0.25, 0.3) is 0 Å². The molecule has 0 aliphatic heterocycles. The first-order chi connectivity index (χ1) is 14.4. The van der Waals surface area contributed by atoms with Gasteiger partial charge < -0.3 is 10.1 Å². The monoisotopic (exact) mass is 411 g/mol. The van der Waals surface area contributed by atoms with Gasteiger partial charge in [-0.1, -0.05) is 18.2 Å². The maximum Gasteiger partial charge on any atom is 0.416 e. The Labute approximate surface area is 170 Å². The fourth-order valence-electron chi connectivity index (χ4n) is 2.80. The van der Waals surface area contributed by atoms with E-state index in [1.165, 1.54) is 16.8 Å². The Hall–Kier alpha value is -3.88. The molecule has 0 unspecified atom stereocenters. The number of hydrogen-bond acceptors (Lipinski definition) is 5. The number of rotatable bonds is 5. The molecule has 0 radical (unpaired) electrons. The Kier molecular flexibility index (Phi) is 5.09. The highest BCUT2D eigenvalue weighted by molar-refractivity contribution is 5.60. The minimum absolute atomic E-state index is 0.368. The van der Waals surface area contributed by atoms with Gasteiger partial charge in [0.1, 0.15) is 5.75 Å². The second-order valence-corrected chi connectivity index (χ2v) is 6.32. The molecule has 2 aromatic heterocycles. The second kappa shape index (κ2) is 7.86. The Morgan fingerprint density at radius 2 is 1.80 bits per heavy atom. The Morgan fingerprint density at radius 1 is 1.00 bits per heavy atom. The smallest absolute Gasteiger partial charge is 0.416 e. The number of ether oxygens (including phenoxy) is 1. The topological polar surface area (TPSA) is 64.9 Å². The number of nitrogens with one attached hydrogen (secondary N) is 1. The van der Waals surface area contributed by atoms with Gasteiger partial charge in [0.2, 0.25) is 5.95 Å². The first kappa shape index (κ1) is 19.4. The predicted octanol–water partition coefficient (Wildman–Crippen LogP) is 5.10. The second-order valence-electron chi connectivity index (χ2n) is 6.32. The van der Waals surface area contributed by atoms with Gasteiger partial charge in [-0.15, -0.1) is 0 Å². The average molecular weight is 411 g/mol. The number of alkyl halides is 3. The van der Waals surface area contributed by atoms with E-state index in [-0.39, 0.29) is 0 Å². The summed E-state index contributed by atoms with van der Waals surface area (Å²) in [5, 5.41) is 7.51. The van der Waals surface area contributed by atoms with Gasteiger partial charge in [0.05, 0.1) is 18.4 Å². The maximum absolute atomic E-state index is 12.7. The molecular weight excluding hydrogens is 395 g/mol. The van der Waals surface area contributed by atoms with Crippen molar-refractivity contribution < 1.29 is 17.9 Å². The van der Waals surface area contributed by atoms with Crippen molar-refractivity contribution in [3.8, 4) is 22.8 Å². The summed E-state index contributed by atoms with van der Waals surface area (Å²) >= 11 is 0. The van der Waals surface area contributed by atoms with E-state index >= 15 is 0 Å². The zero-order valence-corrected chi connectivity index (χ0v) is 15.8. The van der Waals surface area contributed by atoms with Gasteiger partial charge in [-0.25, -0.2) is 9.67 Å². The molecule has 0 saturated carbocycles. The van der Waals surface area contributed by atoms with Crippen molar-refractivity contribution in [2.75, 3.05) is 12.4 Å². The number of anilines is 2. The van der Waals surface area contributed by atoms with Crippen molar-refractivity contribution in [3.05, 3.63) is 78.6 Å². The van der Waals surface area contributed by atoms with Crippen LogP contribution in [0.3, 0.4) is 0 Å². The summed E-state index contributed by atoms with van der Waals surface area (Å²) in [6, 6.07) is 15.6. The van der Waals surface area contributed by atoms with Crippen LogP contribution in [0.25, 0.3) is 17.1 Å². The van der Waals surface area contributed by atoms with Crippen LogP contribution in [0.5, 0.6) is 5.75 Å². The summed E-state index contributed by atoms with van der Waals surface area (Å²) in [7, 11) is 1.59. The molecule has 2 heterocycles. The molecule has 30 heavy (non-hydrogen) atoms. The summed E-state index contributed by atoms with van der Waals surface area (Å²) < 4.78 is 44.9. The molecule has 6 nitrogen and oxygen atoms in total.